The standard InChI is InChI=1S/C27H45N3O2/c1-5-7-9-11-13-15-20-30(21-16-14-12-10-8-6-2)27(32)26(24(4)31)29-28-25-19-17-18-23(3)22-25/h17-19,22,26H,5-16,20-21H2,1-4H3. The molecule has 0 aliphatic heterocycles. The number of hydrogen-bond acceptors (Lipinski definition) is 4. The number of carbonyl (C=O) groups excluding carboxylic acids is 2. The average molecular weight is 444 g/mol. The highest BCUT2D eigenvalue weighted by atomic mass is 16.2. The molecule has 5 nitrogen and oxygen atoms in total. The number of amides is 1. The normalized spacial score (nSPS) is 12.2. The van der Waals surface area contributed by atoms with E-state index in [2.05, 4.69) is 24.1 Å². The Labute approximate surface area is 196 Å². The van der Waals surface area contributed by atoms with Gasteiger partial charge in [-0.3, -0.25) is 9.59 Å². The first-order valence-corrected chi connectivity index (χ1v) is 12.8. The van der Waals surface area contributed by atoms with Crippen LogP contribution >= 0.6 is 0 Å². The van der Waals surface area contributed by atoms with Gasteiger partial charge in [0.25, 0.3) is 5.91 Å². The maximum absolute atomic E-state index is 13.3. The number of aryl methyl sites for hydroxylation is 1. The highest BCUT2D eigenvalue weighted by Crippen LogP contribution is 2.16. The number of azo groups is 1. The summed E-state index contributed by atoms with van der Waals surface area (Å²) in [6, 6.07) is 6.57. The van der Waals surface area contributed by atoms with Gasteiger partial charge < -0.3 is 4.90 Å². The molecule has 1 unspecified atom stereocenters. The van der Waals surface area contributed by atoms with Gasteiger partial charge in [0.2, 0.25) is 6.04 Å². The molecule has 32 heavy (non-hydrogen) atoms. The van der Waals surface area contributed by atoms with Crippen LogP contribution in [0.3, 0.4) is 0 Å². The lowest BCUT2D eigenvalue weighted by Crippen LogP contribution is -2.42. The second kappa shape index (κ2) is 17.5. The molecule has 1 rings (SSSR count). The van der Waals surface area contributed by atoms with Gasteiger partial charge in [-0.05, 0) is 44.4 Å². The van der Waals surface area contributed by atoms with Crippen LogP contribution in [0.15, 0.2) is 34.5 Å². The number of benzene rings is 1. The summed E-state index contributed by atoms with van der Waals surface area (Å²) in [5, 5.41) is 8.39. The molecule has 0 N–H and O–H groups in total. The van der Waals surface area contributed by atoms with E-state index in [0.29, 0.717) is 18.8 Å². The van der Waals surface area contributed by atoms with Crippen LogP contribution < -0.4 is 0 Å². The minimum atomic E-state index is -1.05. The molecule has 180 valence electrons. The topological polar surface area (TPSA) is 62.1 Å². The van der Waals surface area contributed by atoms with Crippen molar-refractivity contribution in [3.8, 4) is 0 Å². The molecular formula is C27H45N3O2. The van der Waals surface area contributed by atoms with E-state index in [1.165, 1.54) is 58.3 Å². The van der Waals surface area contributed by atoms with Gasteiger partial charge in [-0.15, -0.1) is 0 Å². The second-order valence-electron chi connectivity index (χ2n) is 8.93. The van der Waals surface area contributed by atoms with E-state index in [1.807, 2.05) is 36.1 Å². The maximum Gasteiger partial charge on any atom is 0.257 e. The number of rotatable bonds is 18. The number of unbranched alkanes of at least 4 members (excludes halogenated alkanes) is 10. The summed E-state index contributed by atoms with van der Waals surface area (Å²) in [7, 11) is 0. The molecule has 0 heterocycles. The molecule has 0 aliphatic rings. The Kier molecular flexibility index (Phi) is 15.3. The van der Waals surface area contributed by atoms with Crippen LogP contribution in [0.25, 0.3) is 0 Å². The summed E-state index contributed by atoms with van der Waals surface area (Å²) in [4.78, 5) is 27.4. The van der Waals surface area contributed by atoms with E-state index in [4.69, 9.17) is 0 Å². The van der Waals surface area contributed by atoms with Crippen molar-refractivity contribution in [3.05, 3.63) is 29.8 Å². The zero-order valence-electron chi connectivity index (χ0n) is 20.9. The first-order chi connectivity index (χ1) is 15.5. The fourth-order valence-electron chi connectivity index (χ4n) is 3.79. The largest absolute Gasteiger partial charge is 0.340 e. The lowest BCUT2D eigenvalue weighted by Gasteiger charge is -2.25. The molecule has 0 bridgehead atoms. The average Bonchev–Trinajstić information content (AvgIpc) is 2.76. The lowest BCUT2D eigenvalue weighted by atomic mass is 10.1. The van der Waals surface area contributed by atoms with Crippen LogP contribution in [-0.2, 0) is 9.59 Å². The molecule has 0 saturated heterocycles. The molecule has 1 atom stereocenters. The van der Waals surface area contributed by atoms with E-state index >= 15 is 0 Å². The van der Waals surface area contributed by atoms with Crippen molar-refractivity contribution in [2.45, 2.75) is 111 Å². The maximum atomic E-state index is 13.3. The smallest absolute Gasteiger partial charge is 0.257 e. The number of carbonyl (C=O) groups is 2. The third kappa shape index (κ3) is 12.1. The highest BCUT2D eigenvalue weighted by Gasteiger charge is 2.28. The van der Waals surface area contributed by atoms with Crippen molar-refractivity contribution < 1.29 is 9.59 Å². The van der Waals surface area contributed by atoms with E-state index in [0.717, 1.165) is 31.2 Å². The van der Waals surface area contributed by atoms with E-state index in [1.54, 1.807) is 0 Å². The summed E-state index contributed by atoms with van der Waals surface area (Å²) in [5.41, 5.74) is 1.74. The Morgan fingerprint density at radius 3 is 1.88 bits per heavy atom. The predicted octanol–water partition coefficient (Wildman–Crippen LogP) is 7.59. The number of Topliss-reactive ketones (excluding diaryl/α,β-unsaturated/α-hetero) is 1. The molecule has 0 fully saturated rings. The van der Waals surface area contributed by atoms with E-state index < -0.39 is 6.04 Å². The molecule has 0 aromatic heterocycles. The van der Waals surface area contributed by atoms with Gasteiger partial charge in [0.05, 0.1) is 5.69 Å². The minimum Gasteiger partial charge on any atom is -0.340 e. The van der Waals surface area contributed by atoms with Crippen molar-refractivity contribution in [2.75, 3.05) is 13.1 Å². The molecule has 0 radical (unpaired) electrons. The van der Waals surface area contributed by atoms with E-state index in [-0.39, 0.29) is 11.7 Å². The van der Waals surface area contributed by atoms with Crippen molar-refractivity contribution in [1.82, 2.24) is 4.90 Å². The summed E-state index contributed by atoms with van der Waals surface area (Å²) in [6.07, 6.45) is 14.1. The van der Waals surface area contributed by atoms with Gasteiger partial charge in [0.15, 0.2) is 5.78 Å². The zero-order valence-corrected chi connectivity index (χ0v) is 20.9. The highest BCUT2D eigenvalue weighted by molar-refractivity contribution is 6.04. The fourth-order valence-corrected chi connectivity index (χ4v) is 3.79. The summed E-state index contributed by atoms with van der Waals surface area (Å²) in [5.74, 6) is -0.446. The molecule has 0 spiro atoms. The Bertz CT molecular complexity index is 671. The molecule has 0 saturated carbocycles. The third-order valence-electron chi connectivity index (χ3n) is 5.78. The van der Waals surface area contributed by atoms with Crippen molar-refractivity contribution >= 4 is 17.4 Å². The Balaban J connectivity index is 2.74. The monoisotopic (exact) mass is 443 g/mol. The molecule has 1 aromatic carbocycles. The van der Waals surface area contributed by atoms with Crippen LogP contribution in [0, 0.1) is 6.92 Å². The van der Waals surface area contributed by atoms with E-state index in [9.17, 15) is 9.59 Å². The van der Waals surface area contributed by atoms with Gasteiger partial charge in [0.1, 0.15) is 0 Å². The fraction of sp³-hybridized carbons (Fsp3) is 0.704. The molecule has 5 heteroatoms. The molecule has 1 amide bonds. The molecule has 0 aliphatic carbocycles. The molecular weight excluding hydrogens is 398 g/mol. The SMILES string of the molecule is CCCCCCCCN(CCCCCCCC)C(=O)C(N=Nc1cccc(C)c1)C(C)=O. The first-order valence-electron chi connectivity index (χ1n) is 12.8. The summed E-state index contributed by atoms with van der Waals surface area (Å²) < 4.78 is 0. The van der Waals surface area contributed by atoms with Crippen LogP contribution in [0.2, 0.25) is 0 Å². The first kappa shape index (κ1) is 28.0. The van der Waals surface area contributed by atoms with Gasteiger partial charge in [-0.1, -0.05) is 90.2 Å². The van der Waals surface area contributed by atoms with Gasteiger partial charge >= 0.3 is 0 Å². The van der Waals surface area contributed by atoms with Crippen LogP contribution in [0.1, 0.15) is 103 Å². The van der Waals surface area contributed by atoms with Crippen LogP contribution in [0.4, 0.5) is 5.69 Å². The van der Waals surface area contributed by atoms with Crippen LogP contribution in [0.5, 0.6) is 0 Å². The van der Waals surface area contributed by atoms with Gasteiger partial charge in [-0.25, -0.2) is 0 Å². The Hall–Kier alpha value is -2.04. The summed E-state index contributed by atoms with van der Waals surface area (Å²) >= 11 is 0. The van der Waals surface area contributed by atoms with Crippen molar-refractivity contribution in [3.63, 3.8) is 0 Å². The Morgan fingerprint density at radius 2 is 1.38 bits per heavy atom. The van der Waals surface area contributed by atoms with Crippen LogP contribution in [-0.4, -0.2) is 35.7 Å². The Morgan fingerprint density at radius 1 is 0.844 bits per heavy atom. The molecule has 1 aromatic rings. The summed E-state index contributed by atoms with van der Waals surface area (Å²) in [6.45, 7) is 9.25. The number of nitrogens with zero attached hydrogens (tertiary/aromatic N) is 3. The predicted molar refractivity (Wildman–Crippen MR) is 133 cm³/mol. The van der Waals surface area contributed by atoms with Gasteiger partial charge in [-0.2, -0.15) is 10.2 Å². The zero-order chi connectivity index (χ0) is 23.6. The lowest BCUT2D eigenvalue weighted by molar-refractivity contribution is -0.137. The third-order valence-corrected chi connectivity index (χ3v) is 5.78. The second-order valence-corrected chi connectivity index (χ2v) is 8.93. The number of hydrogen-bond donors (Lipinski definition) is 0. The minimum absolute atomic E-state index is 0.198. The van der Waals surface area contributed by atoms with Crippen molar-refractivity contribution in [2.24, 2.45) is 10.2 Å². The quantitative estimate of drug-likeness (QED) is 0.133. The van der Waals surface area contributed by atoms with Crippen molar-refractivity contribution in [1.29, 1.82) is 0 Å². The number of ketones is 1. The van der Waals surface area contributed by atoms with Gasteiger partial charge in [0, 0.05) is 13.1 Å².